The van der Waals surface area contributed by atoms with Crippen LogP contribution in [0.2, 0.25) is 0 Å². The molecule has 2 atom stereocenters. The van der Waals surface area contributed by atoms with Crippen LogP contribution < -0.4 is 10.6 Å². The maximum Gasteiger partial charge on any atom is 0.0835 e. The Morgan fingerprint density at radius 3 is 2.44 bits per heavy atom. The maximum atomic E-state index is 10.9. The van der Waals surface area contributed by atoms with Crippen molar-refractivity contribution in [3.05, 3.63) is 89.6 Å². The average molecular weight is 479 g/mol. The van der Waals surface area contributed by atoms with Gasteiger partial charge in [0, 0.05) is 36.6 Å². The Bertz CT molecular complexity index is 1010. The fraction of sp³-hybridized carbons (Fsp3) is 0.393. The molecule has 0 radical (unpaired) electrons. The van der Waals surface area contributed by atoms with Crippen molar-refractivity contribution in [2.45, 2.75) is 52.8 Å². The van der Waals surface area contributed by atoms with Crippen molar-refractivity contribution in [1.82, 2.24) is 14.8 Å². The van der Waals surface area contributed by atoms with E-state index in [2.05, 4.69) is 60.7 Å². The Morgan fingerprint density at radius 2 is 1.79 bits per heavy atom. The lowest BCUT2D eigenvalue weighted by Gasteiger charge is -2.29. The largest absolute Gasteiger partial charge is 0.390 e. The lowest BCUT2D eigenvalue weighted by Crippen LogP contribution is -2.47. The van der Waals surface area contributed by atoms with Gasteiger partial charge in [-0.25, -0.2) is 5.01 Å². The van der Waals surface area contributed by atoms with Crippen molar-refractivity contribution in [2.75, 3.05) is 12.3 Å². The van der Waals surface area contributed by atoms with E-state index in [1.54, 1.807) is 11.9 Å². The van der Waals surface area contributed by atoms with E-state index in [9.17, 15) is 5.11 Å². The Kier molecular flexibility index (Phi) is 9.68. The van der Waals surface area contributed by atoms with Crippen molar-refractivity contribution >= 4 is 11.9 Å². The highest BCUT2D eigenvalue weighted by molar-refractivity contribution is 7.97. The van der Waals surface area contributed by atoms with Crippen molar-refractivity contribution in [3.63, 3.8) is 0 Å². The standard InChI is InChI=1S/C28H38N4OS/c1-21-16-23(26-12-8-9-15-30-26)13-14-24(21)18-32(31-34-20-28(2,3)4)19-27(33)25(29)17-22-10-6-5-7-11-22/h5-16,25,27,31,33H,17-20,29H2,1-4H3. The highest BCUT2D eigenvalue weighted by atomic mass is 32.2. The molecule has 1 heterocycles. The molecule has 0 aliphatic rings. The van der Waals surface area contributed by atoms with Crippen LogP contribution >= 0.6 is 11.9 Å². The molecule has 0 spiro atoms. The van der Waals surface area contributed by atoms with Gasteiger partial charge in [-0.15, -0.1) is 0 Å². The van der Waals surface area contributed by atoms with E-state index in [-0.39, 0.29) is 11.5 Å². The summed E-state index contributed by atoms with van der Waals surface area (Å²) in [6, 6.07) is 22.2. The van der Waals surface area contributed by atoms with Gasteiger partial charge in [-0.1, -0.05) is 81.3 Å². The minimum Gasteiger partial charge on any atom is -0.390 e. The SMILES string of the molecule is Cc1cc(-c2ccccn2)ccc1CN(CC(O)C(N)Cc1ccccc1)NSCC(C)(C)C. The molecule has 0 aliphatic carbocycles. The van der Waals surface area contributed by atoms with E-state index in [0.717, 1.165) is 22.6 Å². The Labute approximate surface area is 208 Å². The van der Waals surface area contributed by atoms with Gasteiger partial charge in [-0.2, -0.15) is 4.83 Å². The van der Waals surface area contributed by atoms with Gasteiger partial charge >= 0.3 is 0 Å². The predicted molar refractivity (Wildman–Crippen MR) is 144 cm³/mol. The van der Waals surface area contributed by atoms with E-state index in [4.69, 9.17) is 5.73 Å². The molecular formula is C28H38N4OS. The van der Waals surface area contributed by atoms with Gasteiger partial charge in [-0.3, -0.25) is 4.98 Å². The molecule has 1 aromatic heterocycles. The van der Waals surface area contributed by atoms with Gasteiger partial charge in [0.25, 0.3) is 0 Å². The number of hydrogen-bond acceptors (Lipinski definition) is 6. The lowest BCUT2D eigenvalue weighted by atomic mass is 10.0. The number of nitrogens with one attached hydrogen (secondary N) is 1. The molecule has 182 valence electrons. The second-order valence-corrected chi connectivity index (χ2v) is 10.9. The molecule has 0 bridgehead atoms. The molecule has 2 unspecified atom stereocenters. The average Bonchev–Trinajstić information content (AvgIpc) is 2.80. The third-order valence-corrected chi connectivity index (χ3v) is 6.98. The summed E-state index contributed by atoms with van der Waals surface area (Å²) in [4.78, 5) is 7.93. The second-order valence-electron chi connectivity index (χ2n) is 10.1. The number of aliphatic hydroxyl groups is 1. The Hall–Kier alpha value is -2.22. The Morgan fingerprint density at radius 1 is 1.06 bits per heavy atom. The fourth-order valence-electron chi connectivity index (χ4n) is 3.63. The zero-order valence-electron chi connectivity index (χ0n) is 20.7. The first-order valence-corrected chi connectivity index (χ1v) is 12.8. The number of hydrogen-bond donors (Lipinski definition) is 3. The first-order chi connectivity index (χ1) is 16.2. The third kappa shape index (κ3) is 8.53. The van der Waals surface area contributed by atoms with Gasteiger partial charge < -0.3 is 10.8 Å². The molecule has 34 heavy (non-hydrogen) atoms. The summed E-state index contributed by atoms with van der Waals surface area (Å²) in [6.07, 6.45) is 1.80. The molecule has 3 aromatic rings. The summed E-state index contributed by atoms with van der Waals surface area (Å²) in [7, 11) is 0. The summed E-state index contributed by atoms with van der Waals surface area (Å²) < 4.78 is 0. The molecule has 0 saturated heterocycles. The quantitative estimate of drug-likeness (QED) is 0.266. The van der Waals surface area contributed by atoms with Crippen LogP contribution in [0, 0.1) is 12.3 Å². The first kappa shape index (κ1) is 26.4. The number of rotatable bonds is 11. The zero-order chi connectivity index (χ0) is 24.6. The molecule has 0 fully saturated rings. The molecule has 0 amide bonds. The van der Waals surface area contributed by atoms with Crippen molar-refractivity contribution in [1.29, 1.82) is 0 Å². The van der Waals surface area contributed by atoms with Crippen LogP contribution in [0.15, 0.2) is 72.9 Å². The van der Waals surface area contributed by atoms with Gasteiger partial charge in [0.15, 0.2) is 0 Å². The number of hydrazine groups is 1. The van der Waals surface area contributed by atoms with Crippen LogP contribution in [-0.4, -0.2) is 39.5 Å². The molecule has 0 aliphatic heterocycles. The van der Waals surface area contributed by atoms with Gasteiger partial charge in [-0.05, 0) is 53.6 Å². The third-order valence-electron chi connectivity index (χ3n) is 5.58. The molecule has 5 nitrogen and oxygen atoms in total. The second kappa shape index (κ2) is 12.5. The molecule has 6 heteroatoms. The van der Waals surface area contributed by atoms with E-state index in [1.807, 2.05) is 54.7 Å². The number of pyridine rings is 1. The number of benzene rings is 2. The minimum atomic E-state index is -0.656. The number of aryl methyl sites for hydroxylation is 1. The highest BCUT2D eigenvalue weighted by Gasteiger charge is 2.21. The van der Waals surface area contributed by atoms with Gasteiger partial charge in [0.05, 0.1) is 11.8 Å². The summed E-state index contributed by atoms with van der Waals surface area (Å²) in [6.45, 7) is 9.89. The van der Waals surface area contributed by atoms with Crippen LogP contribution in [0.1, 0.15) is 37.5 Å². The molecule has 2 aromatic carbocycles. The fourth-order valence-corrected chi connectivity index (χ4v) is 4.45. The predicted octanol–water partition coefficient (Wildman–Crippen LogP) is 4.99. The number of aromatic nitrogens is 1. The van der Waals surface area contributed by atoms with Gasteiger partial charge in [0.1, 0.15) is 0 Å². The van der Waals surface area contributed by atoms with E-state index >= 15 is 0 Å². The zero-order valence-corrected chi connectivity index (χ0v) is 21.6. The molecular weight excluding hydrogens is 440 g/mol. The highest BCUT2D eigenvalue weighted by Crippen LogP contribution is 2.23. The number of aliphatic hydroxyl groups excluding tert-OH is 1. The molecule has 4 N–H and O–H groups in total. The van der Waals surface area contributed by atoms with Crippen LogP contribution in [0.25, 0.3) is 11.3 Å². The van der Waals surface area contributed by atoms with Crippen molar-refractivity contribution in [2.24, 2.45) is 11.1 Å². The maximum absolute atomic E-state index is 10.9. The Balaban J connectivity index is 1.69. The van der Waals surface area contributed by atoms with E-state index < -0.39 is 6.10 Å². The van der Waals surface area contributed by atoms with E-state index in [0.29, 0.717) is 19.5 Å². The van der Waals surface area contributed by atoms with Crippen molar-refractivity contribution in [3.8, 4) is 11.3 Å². The number of nitrogens with two attached hydrogens (primary N) is 1. The number of nitrogens with zero attached hydrogens (tertiary/aromatic N) is 2. The minimum absolute atomic E-state index is 0.200. The van der Waals surface area contributed by atoms with Gasteiger partial charge in [0.2, 0.25) is 0 Å². The van der Waals surface area contributed by atoms with Crippen LogP contribution in [0.3, 0.4) is 0 Å². The summed E-state index contributed by atoms with van der Waals surface area (Å²) in [5.74, 6) is 0.952. The lowest BCUT2D eigenvalue weighted by molar-refractivity contribution is 0.0787. The first-order valence-electron chi connectivity index (χ1n) is 11.8. The normalized spacial score (nSPS) is 13.7. The van der Waals surface area contributed by atoms with Crippen LogP contribution in [-0.2, 0) is 13.0 Å². The monoisotopic (exact) mass is 478 g/mol. The van der Waals surface area contributed by atoms with Crippen LogP contribution in [0.5, 0.6) is 0 Å². The molecule has 3 rings (SSSR count). The summed E-state index contributed by atoms with van der Waals surface area (Å²) in [5.41, 5.74) is 12.2. The van der Waals surface area contributed by atoms with Crippen molar-refractivity contribution < 1.29 is 5.11 Å². The summed E-state index contributed by atoms with van der Waals surface area (Å²) >= 11 is 1.67. The smallest absolute Gasteiger partial charge is 0.0835 e. The molecule has 0 saturated carbocycles. The summed E-state index contributed by atoms with van der Waals surface area (Å²) in [5, 5.41) is 13.0. The van der Waals surface area contributed by atoms with E-state index in [1.165, 1.54) is 11.1 Å². The van der Waals surface area contributed by atoms with Crippen LogP contribution in [0.4, 0.5) is 0 Å². The topological polar surface area (TPSA) is 74.4 Å².